The lowest BCUT2D eigenvalue weighted by molar-refractivity contribution is -0.131. The van der Waals surface area contributed by atoms with Crippen molar-refractivity contribution in [3.8, 4) is 27.8 Å². The fourth-order valence-corrected chi connectivity index (χ4v) is 10.1. The van der Waals surface area contributed by atoms with Gasteiger partial charge in [-0.25, -0.2) is 4.90 Å². The summed E-state index contributed by atoms with van der Waals surface area (Å²) in [6.07, 6.45) is 2.50. The largest absolute Gasteiger partial charge is 0.502 e. The zero-order valence-electron chi connectivity index (χ0n) is 27.4. The molecule has 0 unspecified atom stereocenters. The number of methoxy groups -OCH3 is 2. The van der Waals surface area contributed by atoms with Gasteiger partial charge in [-0.05, 0) is 79.5 Å². The molecule has 2 saturated heterocycles. The van der Waals surface area contributed by atoms with Crippen LogP contribution in [0, 0.1) is 36.0 Å². The third-order valence-electron chi connectivity index (χ3n) is 11.2. The van der Waals surface area contributed by atoms with Crippen molar-refractivity contribution in [3.05, 3.63) is 64.2 Å². The Labute approximate surface area is 290 Å². The number of halogens is 1. The Kier molecular flexibility index (Phi) is 7.03. The van der Waals surface area contributed by atoms with Crippen molar-refractivity contribution < 1.29 is 33.8 Å². The van der Waals surface area contributed by atoms with E-state index >= 15 is 0 Å². The summed E-state index contributed by atoms with van der Waals surface area (Å²) in [5.41, 5.74) is 1.72. The number of aryl methyl sites for hydroxylation is 2. The lowest BCUT2D eigenvalue weighted by Crippen LogP contribution is -2.48. The highest BCUT2D eigenvalue weighted by molar-refractivity contribution is 7.22. The number of carbonyl (C=O) groups is 4. The quantitative estimate of drug-likeness (QED) is 0.205. The summed E-state index contributed by atoms with van der Waals surface area (Å²) in [5.74, 6) is -4.26. The third kappa shape index (κ3) is 4.29. The molecule has 8 rings (SSSR count). The molecule has 13 heteroatoms. The van der Waals surface area contributed by atoms with E-state index in [1.807, 2.05) is 31.2 Å². The first-order valence-corrected chi connectivity index (χ1v) is 17.2. The summed E-state index contributed by atoms with van der Waals surface area (Å²) in [7, 11) is 4.55. The molecule has 0 spiro atoms. The number of aromatic nitrogens is 2. The number of allylic oxidation sites excluding steroid dienone is 2. The summed E-state index contributed by atoms with van der Waals surface area (Å²) in [6.45, 7) is 3.80. The van der Waals surface area contributed by atoms with E-state index in [-0.39, 0.29) is 35.5 Å². The Bertz CT molecular complexity index is 2160. The van der Waals surface area contributed by atoms with Crippen LogP contribution in [0.5, 0.6) is 17.2 Å². The smallest absolute Gasteiger partial charge is 0.242 e. The summed E-state index contributed by atoms with van der Waals surface area (Å²) in [4.78, 5) is 57.8. The number of carbonyl (C=O) groups excluding carboxylic acids is 4. The van der Waals surface area contributed by atoms with Crippen LogP contribution in [-0.2, 0) is 26.2 Å². The number of hydrogen-bond acceptors (Lipinski definition) is 9. The number of ether oxygens (including phenoxy) is 2. The maximum absolute atomic E-state index is 15.0. The van der Waals surface area contributed by atoms with Gasteiger partial charge >= 0.3 is 0 Å². The minimum Gasteiger partial charge on any atom is -0.502 e. The molecule has 2 N–H and O–H groups in total. The van der Waals surface area contributed by atoms with Crippen LogP contribution in [0.1, 0.15) is 36.8 Å². The molecule has 2 aliphatic carbocycles. The molecule has 4 amide bonds. The maximum atomic E-state index is 15.0. The fraction of sp³-hybridized carbons (Fsp3) is 0.361. The molecular weight excluding hydrogens is 668 g/mol. The normalized spacial score (nSPS) is 27.6. The number of aromatic hydroxyl groups is 1. The van der Waals surface area contributed by atoms with Gasteiger partial charge in [0.1, 0.15) is 11.5 Å². The number of nitrogens with zero attached hydrogens (tertiary/aromatic N) is 3. The van der Waals surface area contributed by atoms with Gasteiger partial charge in [-0.3, -0.25) is 29.2 Å². The number of fused-ring (bicyclic) bond motifs is 5. The predicted octanol–water partition coefficient (Wildman–Crippen LogP) is 5.50. The number of imide groups is 2. The molecule has 0 bridgehead atoms. The van der Waals surface area contributed by atoms with Crippen molar-refractivity contribution in [2.24, 2.45) is 36.1 Å². The Hall–Kier alpha value is -4.68. The van der Waals surface area contributed by atoms with Gasteiger partial charge in [-0.15, -0.1) is 11.3 Å². The van der Waals surface area contributed by atoms with E-state index in [1.165, 1.54) is 19.1 Å². The zero-order valence-corrected chi connectivity index (χ0v) is 28.9. The Morgan fingerprint density at radius 1 is 1.04 bits per heavy atom. The highest BCUT2D eigenvalue weighted by Gasteiger charge is 2.67. The van der Waals surface area contributed by atoms with E-state index in [4.69, 9.17) is 26.2 Å². The molecule has 3 fully saturated rings. The second-order valence-corrected chi connectivity index (χ2v) is 15.0. The van der Waals surface area contributed by atoms with Gasteiger partial charge in [0.25, 0.3) is 0 Å². The second kappa shape index (κ2) is 10.9. The summed E-state index contributed by atoms with van der Waals surface area (Å²) in [5, 5.41) is 19.7. The van der Waals surface area contributed by atoms with Crippen LogP contribution in [-0.4, -0.2) is 52.7 Å². The SMILES string of the molecule is COc1cc([C@H]2C3=CC[C@@H]4C(=O)NC(=O)[C@@H]4[C@@H]3C[C@H]3C(=O)N(c4cc(-c5sc6ccc(Cl)cc6c5C)nn4C)C(=O)[C@@]23C)cc(OC)c1O. The number of phenols is 1. The molecule has 4 aromatic rings. The standard InChI is InChI=1S/C36H33ClN4O7S/c1-15-20-12-17(37)6-9-26(20)49-31(15)23-14-27(40(3)39-23)41-34(45)22-13-21-18(7-8-19-28(21)33(44)38-32(19)43)29(36(22,2)35(41)46)16-10-24(47-4)30(42)25(11-16)48-5/h6-7,9-12,14,19,21-22,28-29,42H,8,13H2,1-5H3,(H,38,43,44)/t19-,21+,22-,28-,29-,36+/m0/s1. The van der Waals surface area contributed by atoms with Crippen molar-refractivity contribution in [1.29, 1.82) is 0 Å². The summed E-state index contributed by atoms with van der Waals surface area (Å²) >= 11 is 7.85. The molecule has 4 heterocycles. The number of amides is 4. The first-order valence-electron chi connectivity index (χ1n) is 16.0. The van der Waals surface area contributed by atoms with Gasteiger partial charge in [0.05, 0.1) is 42.3 Å². The van der Waals surface area contributed by atoms with Gasteiger partial charge in [0.15, 0.2) is 11.5 Å². The highest BCUT2D eigenvalue weighted by atomic mass is 35.5. The van der Waals surface area contributed by atoms with E-state index in [0.717, 1.165) is 26.1 Å². The van der Waals surface area contributed by atoms with E-state index in [9.17, 15) is 24.3 Å². The van der Waals surface area contributed by atoms with E-state index in [1.54, 1.807) is 48.2 Å². The van der Waals surface area contributed by atoms with Gasteiger partial charge < -0.3 is 14.6 Å². The van der Waals surface area contributed by atoms with Gasteiger partial charge in [-0.1, -0.05) is 23.3 Å². The van der Waals surface area contributed by atoms with Crippen molar-refractivity contribution in [2.75, 3.05) is 19.1 Å². The number of benzene rings is 2. The van der Waals surface area contributed by atoms with Crippen LogP contribution < -0.4 is 19.7 Å². The average Bonchev–Trinajstić information content (AvgIpc) is 3.76. The molecular formula is C36H33ClN4O7S. The Morgan fingerprint density at radius 2 is 1.76 bits per heavy atom. The number of phenolic OH excluding ortho intramolecular Hbond substituents is 1. The van der Waals surface area contributed by atoms with Crippen LogP contribution in [0.15, 0.2) is 48.0 Å². The molecule has 2 aromatic heterocycles. The number of nitrogens with one attached hydrogen (secondary N) is 1. The van der Waals surface area contributed by atoms with Gasteiger partial charge in [0.2, 0.25) is 29.4 Å². The van der Waals surface area contributed by atoms with Gasteiger partial charge in [0, 0.05) is 28.8 Å². The van der Waals surface area contributed by atoms with Crippen molar-refractivity contribution in [2.45, 2.75) is 32.6 Å². The predicted molar refractivity (Wildman–Crippen MR) is 183 cm³/mol. The Balaban J connectivity index is 1.28. The summed E-state index contributed by atoms with van der Waals surface area (Å²) < 4.78 is 13.6. The van der Waals surface area contributed by atoms with Crippen LogP contribution in [0.25, 0.3) is 20.7 Å². The number of thiophene rings is 1. The molecule has 2 aliphatic heterocycles. The maximum Gasteiger partial charge on any atom is 0.242 e. The monoisotopic (exact) mass is 700 g/mol. The molecule has 49 heavy (non-hydrogen) atoms. The average molecular weight is 701 g/mol. The minimum absolute atomic E-state index is 0.143. The van der Waals surface area contributed by atoms with Crippen LogP contribution in [0.3, 0.4) is 0 Å². The molecule has 6 atom stereocenters. The minimum atomic E-state index is -1.30. The number of rotatable bonds is 5. The van der Waals surface area contributed by atoms with Crippen molar-refractivity contribution >= 4 is 62.5 Å². The first-order chi connectivity index (χ1) is 23.4. The molecule has 4 aliphatic rings. The van der Waals surface area contributed by atoms with E-state index in [2.05, 4.69) is 5.32 Å². The lowest BCUT2D eigenvalue weighted by Gasteiger charge is -2.49. The topological polar surface area (TPSA) is 140 Å². The van der Waals surface area contributed by atoms with Crippen LogP contribution >= 0.6 is 22.9 Å². The lowest BCUT2D eigenvalue weighted by atomic mass is 9.51. The molecule has 2 aromatic carbocycles. The van der Waals surface area contributed by atoms with Crippen LogP contribution in [0.4, 0.5) is 5.82 Å². The second-order valence-electron chi connectivity index (χ2n) is 13.5. The van der Waals surface area contributed by atoms with Crippen molar-refractivity contribution in [1.82, 2.24) is 15.1 Å². The first kappa shape index (κ1) is 31.6. The molecule has 11 nitrogen and oxygen atoms in total. The molecule has 0 radical (unpaired) electrons. The fourth-order valence-electron chi connectivity index (χ4n) is 8.82. The van der Waals surface area contributed by atoms with Crippen molar-refractivity contribution in [3.63, 3.8) is 0 Å². The van der Waals surface area contributed by atoms with E-state index < -0.39 is 46.8 Å². The third-order valence-corrected chi connectivity index (χ3v) is 12.7. The zero-order chi connectivity index (χ0) is 34.7. The highest BCUT2D eigenvalue weighted by Crippen LogP contribution is 2.64. The molecule has 252 valence electrons. The number of hydrogen-bond donors (Lipinski definition) is 2. The molecule has 1 saturated carbocycles. The van der Waals surface area contributed by atoms with E-state index in [0.29, 0.717) is 28.5 Å². The van der Waals surface area contributed by atoms with Crippen LogP contribution in [0.2, 0.25) is 5.02 Å². The Morgan fingerprint density at radius 3 is 2.45 bits per heavy atom. The summed E-state index contributed by atoms with van der Waals surface area (Å²) in [6, 6.07) is 10.8. The number of anilines is 1. The van der Waals surface area contributed by atoms with Gasteiger partial charge in [-0.2, -0.15) is 5.10 Å².